The van der Waals surface area contributed by atoms with Crippen molar-refractivity contribution in [3.05, 3.63) is 53.1 Å². The van der Waals surface area contributed by atoms with Gasteiger partial charge in [0.15, 0.2) is 0 Å². The van der Waals surface area contributed by atoms with E-state index >= 15 is 0 Å². The highest BCUT2D eigenvalue weighted by molar-refractivity contribution is 6.30. The monoisotopic (exact) mass is 399 g/mol. The molecule has 28 heavy (non-hydrogen) atoms. The zero-order valence-corrected chi connectivity index (χ0v) is 15.6. The van der Waals surface area contributed by atoms with Crippen molar-refractivity contribution in [2.75, 3.05) is 31.6 Å². The van der Waals surface area contributed by atoms with Gasteiger partial charge in [-0.05, 0) is 35.4 Å². The molecule has 3 amide bonds. The lowest BCUT2D eigenvalue weighted by molar-refractivity contribution is -0.138. The van der Waals surface area contributed by atoms with E-state index in [0.29, 0.717) is 16.3 Å². The molecule has 0 radical (unpaired) electrons. The first kappa shape index (κ1) is 18.5. The number of nitrogens with one attached hydrogen (secondary N) is 1. The Morgan fingerprint density at radius 3 is 2.54 bits per heavy atom. The van der Waals surface area contributed by atoms with Crippen LogP contribution < -0.4 is 5.32 Å². The van der Waals surface area contributed by atoms with E-state index in [2.05, 4.69) is 5.32 Å². The van der Waals surface area contributed by atoms with Crippen LogP contribution in [-0.2, 0) is 9.59 Å². The van der Waals surface area contributed by atoms with Crippen LogP contribution in [0.2, 0.25) is 5.02 Å². The number of aliphatic hydroxyl groups excluding tert-OH is 1. The summed E-state index contributed by atoms with van der Waals surface area (Å²) in [6.45, 7) is -0.0453. The maximum absolute atomic E-state index is 13.2. The fourth-order valence-corrected chi connectivity index (χ4v) is 3.73. The second-order valence-corrected chi connectivity index (χ2v) is 7.21. The molecule has 2 aromatic rings. The maximum Gasteiger partial charge on any atom is 0.256 e. The SMILES string of the molecule is O=C1Nc2ccc(-c3ccc(Cl)cc3)cc2C(=O)N2CCN(C(=O)CO)CC12. The van der Waals surface area contributed by atoms with Crippen molar-refractivity contribution in [3.8, 4) is 11.1 Å². The number of carbonyl (C=O) groups is 3. The second kappa shape index (κ2) is 7.26. The average Bonchev–Trinajstić information content (AvgIpc) is 2.82. The van der Waals surface area contributed by atoms with E-state index in [9.17, 15) is 14.4 Å². The fourth-order valence-electron chi connectivity index (χ4n) is 3.60. The molecule has 0 saturated carbocycles. The molecule has 0 aliphatic carbocycles. The average molecular weight is 400 g/mol. The molecule has 1 fully saturated rings. The minimum atomic E-state index is -0.789. The number of benzene rings is 2. The Morgan fingerprint density at radius 2 is 1.82 bits per heavy atom. The Balaban J connectivity index is 1.68. The molecule has 144 valence electrons. The molecule has 2 heterocycles. The number of amides is 3. The van der Waals surface area contributed by atoms with Crippen LogP contribution in [0, 0.1) is 0 Å². The molecule has 0 bridgehead atoms. The predicted octanol–water partition coefficient (Wildman–Crippen LogP) is 1.60. The molecular formula is C20H18ClN3O4. The second-order valence-electron chi connectivity index (χ2n) is 6.77. The van der Waals surface area contributed by atoms with Crippen LogP contribution in [0.1, 0.15) is 10.4 Å². The molecular weight excluding hydrogens is 382 g/mol. The summed E-state index contributed by atoms with van der Waals surface area (Å²) >= 11 is 5.94. The van der Waals surface area contributed by atoms with Gasteiger partial charge >= 0.3 is 0 Å². The lowest BCUT2D eigenvalue weighted by Gasteiger charge is -2.39. The molecule has 0 aromatic heterocycles. The highest BCUT2D eigenvalue weighted by atomic mass is 35.5. The topological polar surface area (TPSA) is 90.0 Å². The van der Waals surface area contributed by atoms with E-state index < -0.39 is 18.6 Å². The summed E-state index contributed by atoms with van der Waals surface area (Å²) in [7, 11) is 0. The number of halogens is 1. The third-order valence-electron chi connectivity index (χ3n) is 5.12. The van der Waals surface area contributed by atoms with E-state index in [1.54, 1.807) is 24.3 Å². The maximum atomic E-state index is 13.2. The standard InChI is InChI=1S/C20H18ClN3O4/c21-14-4-1-12(2-5-14)13-3-6-16-15(9-13)20(28)24-8-7-23(18(26)11-25)10-17(24)19(27)22-16/h1-6,9,17,25H,7-8,10-11H2,(H,22,27). The first-order valence-corrected chi connectivity index (χ1v) is 9.26. The van der Waals surface area contributed by atoms with Gasteiger partial charge in [0, 0.05) is 18.1 Å². The molecule has 2 N–H and O–H groups in total. The van der Waals surface area contributed by atoms with Crippen molar-refractivity contribution < 1.29 is 19.5 Å². The molecule has 2 aromatic carbocycles. The highest BCUT2D eigenvalue weighted by Crippen LogP contribution is 2.30. The Morgan fingerprint density at radius 1 is 1.11 bits per heavy atom. The van der Waals surface area contributed by atoms with Crippen molar-refractivity contribution in [3.63, 3.8) is 0 Å². The minimum absolute atomic E-state index is 0.0645. The zero-order chi connectivity index (χ0) is 19.8. The summed E-state index contributed by atoms with van der Waals surface area (Å²) in [6, 6.07) is 11.8. The molecule has 4 rings (SSSR count). The molecule has 1 unspecified atom stereocenters. The van der Waals surface area contributed by atoms with Gasteiger partial charge in [0.1, 0.15) is 12.6 Å². The van der Waals surface area contributed by atoms with Crippen LogP contribution >= 0.6 is 11.6 Å². The summed E-state index contributed by atoms with van der Waals surface area (Å²) in [5.74, 6) is -1.06. The van der Waals surface area contributed by atoms with Crippen LogP contribution in [0.15, 0.2) is 42.5 Å². The Kier molecular flexibility index (Phi) is 4.78. The molecule has 1 atom stereocenters. The van der Waals surface area contributed by atoms with Crippen molar-refractivity contribution in [1.82, 2.24) is 9.80 Å². The van der Waals surface area contributed by atoms with Crippen LogP contribution in [-0.4, -0.2) is 64.9 Å². The van der Waals surface area contributed by atoms with Gasteiger partial charge < -0.3 is 20.2 Å². The van der Waals surface area contributed by atoms with Gasteiger partial charge in [-0.15, -0.1) is 0 Å². The van der Waals surface area contributed by atoms with Crippen molar-refractivity contribution in [2.24, 2.45) is 0 Å². The number of piperazine rings is 1. The van der Waals surface area contributed by atoms with Gasteiger partial charge in [0.2, 0.25) is 11.8 Å². The van der Waals surface area contributed by atoms with E-state index in [1.165, 1.54) is 9.80 Å². The number of hydrogen-bond acceptors (Lipinski definition) is 4. The predicted molar refractivity (Wildman–Crippen MR) is 104 cm³/mol. The Labute approximate surface area is 166 Å². The molecule has 7 nitrogen and oxygen atoms in total. The first-order valence-electron chi connectivity index (χ1n) is 8.88. The first-order chi connectivity index (χ1) is 13.5. The van der Waals surface area contributed by atoms with Crippen LogP contribution in [0.4, 0.5) is 5.69 Å². The van der Waals surface area contributed by atoms with Gasteiger partial charge in [-0.25, -0.2) is 0 Å². The van der Waals surface area contributed by atoms with Gasteiger partial charge in [0.25, 0.3) is 5.91 Å². The van der Waals surface area contributed by atoms with Crippen molar-refractivity contribution >= 4 is 35.0 Å². The summed E-state index contributed by atoms with van der Waals surface area (Å²) in [5, 5.41) is 12.5. The van der Waals surface area contributed by atoms with E-state index in [0.717, 1.165) is 11.1 Å². The number of anilines is 1. The van der Waals surface area contributed by atoms with Crippen molar-refractivity contribution in [2.45, 2.75) is 6.04 Å². The Hall–Kier alpha value is -2.90. The van der Waals surface area contributed by atoms with Gasteiger partial charge in [0.05, 0.1) is 17.8 Å². The van der Waals surface area contributed by atoms with Gasteiger partial charge in [-0.1, -0.05) is 29.8 Å². The Bertz CT molecular complexity index is 960. The minimum Gasteiger partial charge on any atom is -0.387 e. The number of aliphatic hydroxyl groups is 1. The largest absolute Gasteiger partial charge is 0.387 e. The number of hydrogen-bond donors (Lipinski definition) is 2. The number of nitrogens with zero attached hydrogens (tertiary/aromatic N) is 2. The lowest BCUT2D eigenvalue weighted by Crippen LogP contribution is -2.59. The van der Waals surface area contributed by atoms with E-state index in [1.807, 2.05) is 18.2 Å². The molecule has 2 aliphatic rings. The zero-order valence-electron chi connectivity index (χ0n) is 14.9. The van der Waals surface area contributed by atoms with Crippen LogP contribution in [0.25, 0.3) is 11.1 Å². The van der Waals surface area contributed by atoms with Crippen molar-refractivity contribution in [1.29, 1.82) is 0 Å². The summed E-state index contributed by atoms with van der Waals surface area (Å²) in [4.78, 5) is 40.5. The lowest BCUT2D eigenvalue weighted by atomic mass is 10.0. The van der Waals surface area contributed by atoms with Crippen LogP contribution in [0.5, 0.6) is 0 Å². The normalized spacial score (nSPS) is 18.9. The molecule has 8 heteroatoms. The van der Waals surface area contributed by atoms with Gasteiger partial charge in [-0.3, -0.25) is 14.4 Å². The fraction of sp³-hybridized carbons (Fsp3) is 0.250. The summed E-state index contributed by atoms with van der Waals surface area (Å²) in [5.41, 5.74) is 2.60. The third kappa shape index (κ3) is 3.23. The number of carbonyl (C=O) groups excluding carboxylic acids is 3. The third-order valence-corrected chi connectivity index (χ3v) is 5.37. The molecule has 1 saturated heterocycles. The quantitative estimate of drug-likeness (QED) is 0.802. The number of rotatable bonds is 2. The summed E-state index contributed by atoms with van der Waals surface area (Å²) in [6.07, 6.45) is 0. The molecule has 0 spiro atoms. The van der Waals surface area contributed by atoms with Gasteiger partial charge in [-0.2, -0.15) is 0 Å². The highest BCUT2D eigenvalue weighted by Gasteiger charge is 2.40. The van der Waals surface area contributed by atoms with Crippen LogP contribution in [0.3, 0.4) is 0 Å². The smallest absolute Gasteiger partial charge is 0.256 e. The summed E-state index contributed by atoms with van der Waals surface area (Å²) < 4.78 is 0. The van der Waals surface area contributed by atoms with E-state index in [4.69, 9.17) is 16.7 Å². The van der Waals surface area contributed by atoms with E-state index in [-0.39, 0.29) is 31.4 Å². The molecule has 2 aliphatic heterocycles. The number of fused-ring (bicyclic) bond motifs is 2.